The van der Waals surface area contributed by atoms with Crippen LogP contribution in [0.25, 0.3) is 0 Å². The zero-order valence-corrected chi connectivity index (χ0v) is 8.31. The minimum absolute atomic E-state index is 0.108. The van der Waals surface area contributed by atoms with Crippen molar-refractivity contribution in [3.63, 3.8) is 0 Å². The number of aliphatic hydroxyl groups excluding tert-OH is 1. The topological polar surface area (TPSA) is 32.7 Å². The smallest absolute Gasteiger partial charge is 0.0754 e. The SMILES string of the molecule is CN(c1ccc(CO)cc1)C1COC1. The maximum atomic E-state index is 8.90. The lowest BCUT2D eigenvalue weighted by Crippen LogP contribution is -2.47. The highest BCUT2D eigenvalue weighted by molar-refractivity contribution is 5.48. The molecule has 0 aliphatic carbocycles. The average molecular weight is 193 g/mol. The third-order valence-corrected chi connectivity index (χ3v) is 2.69. The molecule has 0 unspecified atom stereocenters. The summed E-state index contributed by atoms with van der Waals surface area (Å²) in [4.78, 5) is 2.21. The van der Waals surface area contributed by atoms with Crippen LogP contribution in [0.15, 0.2) is 24.3 Å². The van der Waals surface area contributed by atoms with E-state index in [4.69, 9.17) is 9.84 Å². The normalized spacial score (nSPS) is 16.4. The van der Waals surface area contributed by atoms with E-state index in [-0.39, 0.29) is 6.61 Å². The van der Waals surface area contributed by atoms with Gasteiger partial charge in [0.1, 0.15) is 0 Å². The second-order valence-electron chi connectivity index (χ2n) is 3.63. The van der Waals surface area contributed by atoms with Gasteiger partial charge in [-0.05, 0) is 17.7 Å². The molecule has 1 heterocycles. The summed E-state index contributed by atoms with van der Waals surface area (Å²) in [6, 6.07) is 8.47. The quantitative estimate of drug-likeness (QED) is 0.777. The molecular weight excluding hydrogens is 178 g/mol. The summed E-state index contributed by atoms with van der Waals surface area (Å²) in [6.45, 7) is 1.74. The first-order valence-corrected chi connectivity index (χ1v) is 4.81. The van der Waals surface area contributed by atoms with Gasteiger partial charge < -0.3 is 14.7 Å². The van der Waals surface area contributed by atoms with Crippen molar-refractivity contribution in [1.82, 2.24) is 0 Å². The van der Waals surface area contributed by atoms with Crippen LogP contribution >= 0.6 is 0 Å². The van der Waals surface area contributed by atoms with Gasteiger partial charge in [0, 0.05) is 12.7 Å². The molecule has 0 amide bonds. The van der Waals surface area contributed by atoms with E-state index in [1.165, 1.54) is 5.69 Å². The first-order valence-electron chi connectivity index (χ1n) is 4.81. The summed E-state index contributed by atoms with van der Waals surface area (Å²) < 4.78 is 5.14. The van der Waals surface area contributed by atoms with Gasteiger partial charge in [-0.15, -0.1) is 0 Å². The van der Waals surface area contributed by atoms with Crippen molar-refractivity contribution in [3.8, 4) is 0 Å². The van der Waals surface area contributed by atoms with Crippen LogP contribution in [0.5, 0.6) is 0 Å². The maximum Gasteiger partial charge on any atom is 0.0754 e. The predicted molar refractivity (Wildman–Crippen MR) is 55.4 cm³/mol. The predicted octanol–water partition coefficient (Wildman–Crippen LogP) is 1.01. The fourth-order valence-electron chi connectivity index (χ4n) is 1.49. The van der Waals surface area contributed by atoms with E-state index in [9.17, 15) is 0 Å². The molecule has 1 saturated heterocycles. The second kappa shape index (κ2) is 3.98. The first kappa shape index (κ1) is 9.49. The van der Waals surface area contributed by atoms with E-state index in [0.29, 0.717) is 6.04 Å². The van der Waals surface area contributed by atoms with Crippen LogP contribution < -0.4 is 4.90 Å². The molecule has 1 N–H and O–H groups in total. The van der Waals surface area contributed by atoms with Crippen molar-refractivity contribution in [2.45, 2.75) is 12.6 Å². The fourth-order valence-corrected chi connectivity index (χ4v) is 1.49. The van der Waals surface area contributed by atoms with Gasteiger partial charge in [0.05, 0.1) is 25.9 Å². The highest BCUT2D eigenvalue weighted by Gasteiger charge is 2.22. The Balaban J connectivity index is 2.07. The summed E-state index contributed by atoms with van der Waals surface area (Å²) in [6.07, 6.45) is 0. The van der Waals surface area contributed by atoms with Crippen molar-refractivity contribution in [2.75, 3.05) is 25.2 Å². The Kier molecular flexibility index (Phi) is 2.70. The molecule has 1 aromatic carbocycles. The van der Waals surface area contributed by atoms with E-state index in [2.05, 4.69) is 11.9 Å². The molecule has 2 rings (SSSR count). The average Bonchev–Trinajstić information content (AvgIpc) is 2.15. The van der Waals surface area contributed by atoms with Crippen LogP contribution in [0.4, 0.5) is 5.69 Å². The third kappa shape index (κ3) is 1.74. The molecule has 0 radical (unpaired) electrons. The van der Waals surface area contributed by atoms with E-state index in [1.807, 2.05) is 24.3 Å². The molecule has 1 aromatic rings. The Morgan fingerprint density at radius 2 is 2.00 bits per heavy atom. The summed E-state index contributed by atoms with van der Waals surface area (Å²) in [5, 5.41) is 8.90. The molecule has 0 bridgehead atoms. The van der Waals surface area contributed by atoms with Gasteiger partial charge in [-0.3, -0.25) is 0 Å². The highest BCUT2D eigenvalue weighted by atomic mass is 16.5. The molecule has 0 aromatic heterocycles. The molecule has 1 fully saturated rings. The van der Waals surface area contributed by atoms with Crippen LogP contribution in [0.1, 0.15) is 5.56 Å². The van der Waals surface area contributed by atoms with Crippen molar-refractivity contribution in [3.05, 3.63) is 29.8 Å². The minimum atomic E-state index is 0.108. The zero-order valence-electron chi connectivity index (χ0n) is 8.31. The maximum absolute atomic E-state index is 8.90. The second-order valence-corrected chi connectivity index (χ2v) is 3.63. The number of likely N-dealkylation sites (N-methyl/N-ethyl adjacent to an activating group) is 1. The van der Waals surface area contributed by atoms with Gasteiger partial charge in [-0.2, -0.15) is 0 Å². The molecule has 1 aliphatic rings. The first-order chi connectivity index (χ1) is 6.81. The number of hydrogen-bond donors (Lipinski definition) is 1. The van der Waals surface area contributed by atoms with Crippen LogP contribution in [0, 0.1) is 0 Å². The van der Waals surface area contributed by atoms with Gasteiger partial charge in [-0.1, -0.05) is 12.1 Å². The lowest BCUT2D eigenvalue weighted by Gasteiger charge is -2.36. The van der Waals surface area contributed by atoms with Gasteiger partial charge in [0.15, 0.2) is 0 Å². The van der Waals surface area contributed by atoms with E-state index in [1.54, 1.807) is 0 Å². The van der Waals surface area contributed by atoms with Gasteiger partial charge in [0.2, 0.25) is 0 Å². The lowest BCUT2D eigenvalue weighted by atomic mass is 10.1. The van der Waals surface area contributed by atoms with Crippen molar-refractivity contribution in [2.24, 2.45) is 0 Å². The van der Waals surface area contributed by atoms with E-state index < -0.39 is 0 Å². The van der Waals surface area contributed by atoms with Gasteiger partial charge >= 0.3 is 0 Å². The van der Waals surface area contributed by atoms with Gasteiger partial charge in [0.25, 0.3) is 0 Å². The number of hydrogen-bond acceptors (Lipinski definition) is 3. The molecule has 0 atom stereocenters. The molecule has 1 aliphatic heterocycles. The Morgan fingerprint density at radius 3 is 2.43 bits per heavy atom. The Bertz CT molecular complexity index is 293. The van der Waals surface area contributed by atoms with Crippen molar-refractivity contribution < 1.29 is 9.84 Å². The molecule has 76 valence electrons. The molecule has 14 heavy (non-hydrogen) atoms. The molecule has 0 saturated carbocycles. The van der Waals surface area contributed by atoms with Crippen molar-refractivity contribution >= 4 is 5.69 Å². The standard InChI is InChI=1S/C11H15NO2/c1-12(11-7-14-8-11)10-4-2-9(6-13)3-5-10/h2-5,11,13H,6-8H2,1H3. The highest BCUT2D eigenvalue weighted by Crippen LogP contribution is 2.19. The number of ether oxygens (including phenoxy) is 1. The summed E-state index contributed by atoms with van der Waals surface area (Å²) in [5.41, 5.74) is 2.13. The number of benzene rings is 1. The molecule has 3 nitrogen and oxygen atoms in total. The summed E-state index contributed by atoms with van der Waals surface area (Å²) in [5.74, 6) is 0. The summed E-state index contributed by atoms with van der Waals surface area (Å²) >= 11 is 0. The largest absolute Gasteiger partial charge is 0.392 e. The molecular formula is C11H15NO2. The van der Waals surface area contributed by atoms with Gasteiger partial charge in [-0.25, -0.2) is 0 Å². The number of nitrogens with zero attached hydrogens (tertiary/aromatic N) is 1. The Morgan fingerprint density at radius 1 is 1.36 bits per heavy atom. The van der Waals surface area contributed by atoms with Crippen LogP contribution in [-0.2, 0) is 11.3 Å². The third-order valence-electron chi connectivity index (χ3n) is 2.69. The van der Waals surface area contributed by atoms with Crippen LogP contribution in [-0.4, -0.2) is 31.4 Å². The van der Waals surface area contributed by atoms with E-state index >= 15 is 0 Å². The Labute approximate surface area is 83.9 Å². The van der Waals surface area contributed by atoms with Crippen LogP contribution in [0.3, 0.4) is 0 Å². The molecule has 0 spiro atoms. The lowest BCUT2D eigenvalue weighted by molar-refractivity contribution is 0.0101. The minimum Gasteiger partial charge on any atom is -0.392 e. The Hall–Kier alpha value is -1.06. The monoisotopic (exact) mass is 193 g/mol. The summed E-state index contributed by atoms with van der Waals surface area (Å²) in [7, 11) is 2.07. The van der Waals surface area contributed by atoms with Crippen LogP contribution in [0.2, 0.25) is 0 Å². The molecule has 3 heteroatoms. The number of aliphatic hydroxyl groups is 1. The van der Waals surface area contributed by atoms with E-state index in [0.717, 1.165) is 18.8 Å². The van der Waals surface area contributed by atoms with Crippen molar-refractivity contribution in [1.29, 1.82) is 0 Å². The number of rotatable bonds is 3. The fraction of sp³-hybridized carbons (Fsp3) is 0.455. The number of anilines is 1. The zero-order chi connectivity index (χ0) is 9.97.